The molecule has 0 spiro atoms. The molecule has 0 amide bonds. The van der Waals surface area contributed by atoms with E-state index in [0.29, 0.717) is 30.3 Å². The highest BCUT2D eigenvalue weighted by Crippen LogP contribution is 2.38. The van der Waals surface area contributed by atoms with Gasteiger partial charge in [0, 0.05) is 18.8 Å². The number of carbonyl (C=O) groups excluding carboxylic acids is 2. The molecule has 59 heavy (non-hydrogen) atoms. The standard InChI is InChI=1S/C46H78NO11P/c1-6-8-10-11-12-13-14-15-16-17-18-19-20-21-22-23-25-31-46(52)58-40(38-57-59(53,54)56-35-34-47(3,4)5)37-55-45(51)30-27-26-29-41-42(44(50)36-43(41)49)33-32-39(48)28-24-9-7-2/h8,10,12-13,15-16,18-19,26-27,32-33,39-44,48-50H,6-7,9,11,14,17,20-25,28-31,34-38H2,1-5H3/b10-8-,13-12-,16-15-,19-18-,27-26-,33-32+/t39-,40-,41+,42-,43+,44-/m1/s1. The first kappa shape index (κ1) is 54.3. The Hall–Kier alpha value is -2.67. The summed E-state index contributed by atoms with van der Waals surface area (Å²) in [7, 11) is 0.963. The SMILES string of the molecule is CC/C=C\C/C=C\C/C=C\C/C=C\CCCCCCC(=O)O[C@H](COC(=O)C/C=C\C[C@H]1[C@@H](/C=C/[C@H](O)CCCCC)[C@H](O)C[C@@H]1O)COP(=O)([O-])OCC[N+](C)(C)C. The van der Waals surface area contributed by atoms with Gasteiger partial charge in [0.05, 0.1) is 52.5 Å². The molecule has 0 aromatic heterocycles. The molecule has 1 aliphatic rings. The van der Waals surface area contributed by atoms with Crippen LogP contribution < -0.4 is 4.89 Å². The lowest BCUT2D eigenvalue weighted by molar-refractivity contribution is -0.870. The molecule has 12 nitrogen and oxygen atoms in total. The number of hydrogen-bond acceptors (Lipinski definition) is 11. The number of quaternary nitrogens is 1. The van der Waals surface area contributed by atoms with Gasteiger partial charge in [-0.1, -0.05) is 119 Å². The molecule has 1 unspecified atom stereocenters. The van der Waals surface area contributed by atoms with Crippen molar-refractivity contribution in [3.63, 3.8) is 0 Å². The topological polar surface area (TPSA) is 172 Å². The van der Waals surface area contributed by atoms with Crippen molar-refractivity contribution < 1.29 is 57.4 Å². The molecule has 338 valence electrons. The largest absolute Gasteiger partial charge is 0.756 e. The highest BCUT2D eigenvalue weighted by Gasteiger charge is 2.39. The number of rotatable bonds is 34. The van der Waals surface area contributed by atoms with Gasteiger partial charge in [0.25, 0.3) is 7.82 Å². The second-order valence-electron chi connectivity index (χ2n) is 16.3. The van der Waals surface area contributed by atoms with Gasteiger partial charge in [-0.25, -0.2) is 0 Å². The third kappa shape index (κ3) is 30.1. The van der Waals surface area contributed by atoms with Crippen LogP contribution in [0, 0.1) is 11.8 Å². The van der Waals surface area contributed by atoms with E-state index in [9.17, 15) is 34.4 Å². The zero-order valence-corrected chi connectivity index (χ0v) is 37.6. The van der Waals surface area contributed by atoms with E-state index in [4.69, 9.17) is 18.5 Å². The van der Waals surface area contributed by atoms with Crippen LogP contribution in [0.2, 0.25) is 0 Å². The fraction of sp³-hybridized carbons (Fsp3) is 0.696. The Labute approximate surface area is 355 Å². The van der Waals surface area contributed by atoms with E-state index in [2.05, 4.69) is 62.5 Å². The number of unbranched alkanes of at least 4 members (excludes halogenated alkanes) is 6. The van der Waals surface area contributed by atoms with Crippen LogP contribution in [0.1, 0.15) is 123 Å². The lowest BCUT2D eigenvalue weighted by atomic mass is 9.89. The Morgan fingerprint density at radius 2 is 1.46 bits per heavy atom. The number of aliphatic hydroxyl groups is 3. The summed E-state index contributed by atoms with van der Waals surface area (Å²) in [6, 6.07) is 0. The predicted molar refractivity (Wildman–Crippen MR) is 233 cm³/mol. The van der Waals surface area contributed by atoms with Crippen molar-refractivity contribution in [3.05, 3.63) is 72.9 Å². The fourth-order valence-electron chi connectivity index (χ4n) is 6.32. The predicted octanol–water partition coefficient (Wildman–Crippen LogP) is 7.99. The Balaban J connectivity index is 2.57. The first-order chi connectivity index (χ1) is 28.2. The smallest absolute Gasteiger partial charge is 0.309 e. The molecule has 13 heteroatoms. The van der Waals surface area contributed by atoms with Crippen molar-refractivity contribution >= 4 is 19.8 Å². The third-order valence-electron chi connectivity index (χ3n) is 9.81. The van der Waals surface area contributed by atoms with Gasteiger partial charge in [-0.05, 0) is 63.7 Å². The minimum Gasteiger partial charge on any atom is -0.756 e. The molecule has 0 aromatic carbocycles. The maximum Gasteiger partial charge on any atom is 0.309 e. The van der Waals surface area contributed by atoms with Gasteiger partial charge in [-0.2, -0.15) is 0 Å². The number of carbonyl (C=O) groups is 2. The third-order valence-corrected chi connectivity index (χ3v) is 10.8. The van der Waals surface area contributed by atoms with E-state index in [-0.39, 0.29) is 37.7 Å². The van der Waals surface area contributed by atoms with Gasteiger partial charge < -0.3 is 43.2 Å². The monoisotopic (exact) mass is 852 g/mol. The average molecular weight is 852 g/mol. The molecule has 0 radical (unpaired) electrons. The van der Waals surface area contributed by atoms with Crippen LogP contribution in [0.4, 0.5) is 0 Å². The highest BCUT2D eigenvalue weighted by molar-refractivity contribution is 7.45. The summed E-state index contributed by atoms with van der Waals surface area (Å²) in [5.41, 5.74) is 0. The number of aliphatic hydroxyl groups excluding tert-OH is 3. The molecule has 3 N–H and O–H groups in total. The fourth-order valence-corrected chi connectivity index (χ4v) is 7.05. The van der Waals surface area contributed by atoms with Gasteiger partial charge >= 0.3 is 11.9 Å². The van der Waals surface area contributed by atoms with Crippen molar-refractivity contribution in [2.45, 2.75) is 147 Å². The molecule has 1 fully saturated rings. The Morgan fingerprint density at radius 1 is 0.797 bits per heavy atom. The second-order valence-corrected chi connectivity index (χ2v) is 17.7. The molecule has 0 aliphatic heterocycles. The summed E-state index contributed by atoms with van der Waals surface area (Å²) in [6.07, 6.45) is 33.5. The molecule has 1 rings (SSSR count). The van der Waals surface area contributed by atoms with Gasteiger partial charge in [-0.15, -0.1) is 0 Å². The number of phosphoric acid groups is 1. The van der Waals surface area contributed by atoms with Crippen molar-refractivity contribution in [2.75, 3.05) is 47.5 Å². The van der Waals surface area contributed by atoms with E-state index in [1.165, 1.54) is 0 Å². The average Bonchev–Trinajstić information content (AvgIpc) is 3.44. The van der Waals surface area contributed by atoms with Crippen LogP contribution >= 0.6 is 7.82 Å². The first-order valence-corrected chi connectivity index (χ1v) is 23.4. The summed E-state index contributed by atoms with van der Waals surface area (Å²) >= 11 is 0. The lowest BCUT2D eigenvalue weighted by Crippen LogP contribution is -2.37. The second kappa shape index (κ2) is 33.0. The van der Waals surface area contributed by atoms with Crippen molar-refractivity contribution in [1.82, 2.24) is 0 Å². The number of hydrogen-bond donors (Lipinski definition) is 3. The summed E-state index contributed by atoms with van der Waals surface area (Å²) < 4.78 is 33.8. The van der Waals surface area contributed by atoms with Gasteiger partial charge in [0.2, 0.25) is 0 Å². The Morgan fingerprint density at radius 3 is 2.12 bits per heavy atom. The van der Waals surface area contributed by atoms with E-state index < -0.39 is 57.4 Å². The van der Waals surface area contributed by atoms with Crippen LogP contribution in [0.15, 0.2) is 72.9 Å². The molecule has 7 atom stereocenters. The number of esters is 2. The molecule has 1 aliphatic carbocycles. The van der Waals surface area contributed by atoms with E-state index >= 15 is 0 Å². The van der Waals surface area contributed by atoms with Crippen LogP contribution in [0.3, 0.4) is 0 Å². The number of nitrogens with zero attached hydrogens (tertiary/aromatic N) is 1. The number of phosphoric ester groups is 1. The Bertz CT molecular complexity index is 1350. The van der Waals surface area contributed by atoms with Crippen molar-refractivity contribution in [2.24, 2.45) is 11.8 Å². The summed E-state index contributed by atoms with van der Waals surface area (Å²) in [4.78, 5) is 37.8. The zero-order valence-electron chi connectivity index (χ0n) is 36.7. The number of likely N-dealkylation sites (N-methyl/N-ethyl adjacent to an activating group) is 1. The number of ether oxygens (including phenoxy) is 2. The molecular weight excluding hydrogens is 773 g/mol. The minimum absolute atomic E-state index is 0.0901. The van der Waals surface area contributed by atoms with Crippen molar-refractivity contribution in [1.29, 1.82) is 0 Å². The normalized spacial score (nSPS) is 21.2. The van der Waals surface area contributed by atoms with Gasteiger partial charge in [-0.3, -0.25) is 14.2 Å². The van der Waals surface area contributed by atoms with Gasteiger partial charge in [0.15, 0.2) is 6.10 Å². The first-order valence-electron chi connectivity index (χ1n) is 21.9. The van der Waals surface area contributed by atoms with Crippen molar-refractivity contribution in [3.8, 4) is 0 Å². The van der Waals surface area contributed by atoms with E-state index in [0.717, 1.165) is 70.6 Å². The quantitative estimate of drug-likeness (QED) is 0.0188. The van der Waals surface area contributed by atoms with Gasteiger partial charge in [0.1, 0.15) is 19.8 Å². The van der Waals surface area contributed by atoms with Crippen LogP contribution in [0.5, 0.6) is 0 Å². The Kier molecular flexibility index (Phi) is 30.4. The highest BCUT2D eigenvalue weighted by atomic mass is 31.2. The molecular formula is C46H78NO11P. The van der Waals surface area contributed by atoms with E-state index in [1.807, 2.05) is 21.1 Å². The van der Waals surface area contributed by atoms with Crippen LogP contribution in [-0.4, -0.2) is 104 Å². The molecule has 0 saturated heterocycles. The van der Waals surface area contributed by atoms with Crippen LogP contribution in [0.25, 0.3) is 0 Å². The zero-order chi connectivity index (χ0) is 43.8. The maximum atomic E-state index is 12.7. The summed E-state index contributed by atoms with van der Waals surface area (Å²) in [5, 5.41) is 31.4. The molecule has 1 saturated carbocycles. The lowest BCUT2D eigenvalue weighted by Gasteiger charge is -2.28. The molecule has 0 heterocycles. The maximum absolute atomic E-state index is 12.7. The van der Waals surface area contributed by atoms with Crippen LogP contribution in [-0.2, 0) is 32.7 Å². The summed E-state index contributed by atoms with van der Waals surface area (Å²) in [6.45, 7) is 3.57. The number of allylic oxidation sites excluding steroid dienone is 9. The summed E-state index contributed by atoms with van der Waals surface area (Å²) in [5.74, 6) is -1.79. The molecule has 0 aromatic rings. The minimum atomic E-state index is -4.72. The molecule has 0 bridgehead atoms. The van der Waals surface area contributed by atoms with E-state index in [1.54, 1.807) is 24.3 Å².